The number of hydrogen-bond acceptors (Lipinski definition) is 9. The Labute approximate surface area is 265 Å². The molecule has 4 fully saturated rings. The zero-order valence-corrected chi connectivity index (χ0v) is 26.8. The third kappa shape index (κ3) is 6.86. The molecule has 0 saturated carbocycles. The van der Waals surface area contributed by atoms with Gasteiger partial charge in [0.2, 0.25) is 11.8 Å². The fraction of sp³-hybridized carbons (Fsp3) is 0.667. The maximum atomic E-state index is 13.2. The number of benzene rings is 1. The maximum absolute atomic E-state index is 13.2. The van der Waals surface area contributed by atoms with Crippen molar-refractivity contribution < 1.29 is 28.7 Å². The van der Waals surface area contributed by atoms with Crippen LogP contribution in [-0.2, 0) is 14.3 Å². The van der Waals surface area contributed by atoms with Crippen LogP contribution in [0.1, 0.15) is 80.0 Å². The van der Waals surface area contributed by atoms with Crippen LogP contribution in [0, 0.1) is 5.92 Å². The Bertz CT molecular complexity index is 1340. The van der Waals surface area contributed by atoms with Gasteiger partial charge in [0.05, 0.1) is 11.1 Å². The normalized spacial score (nSPS) is 24.7. The molecular weight excluding hydrogens is 576 g/mol. The van der Waals surface area contributed by atoms with E-state index in [2.05, 4.69) is 20.0 Å². The van der Waals surface area contributed by atoms with E-state index in [1.165, 1.54) is 12.8 Å². The largest absolute Gasteiger partial charge is 0.444 e. The van der Waals surface area contributed by atoms with E-state index in [4.69, 9.17) is 4.74 Å². The van der Waals surface area contributed by atoms with E-state index in [0.29, 0.717) is 23.1 Å². The van der Waals surface area contributed by atoms with Crippen molar-refractivity contribution in [3.63, 3.8) is 0 Å². The summed E-state index contributed by atoms with van der Waals surface area (Å²) in [5.41, 5.74) is 1.08. The van der Waals surface area contributed by atoms with Crippen molar-refractivity contribution >= 4 is 35.4 Å². The third-order valence-electron chi connectivity index (χ3n) is 9.96. The number of hydrogen-bond donors (Lipinski definition) is 1. The Morgan fingerprint density at radius 1 is 0.844 bits per heavy atom. The van der Waals surface area contributed by atoms with Gasteiger partial charge in [-0.25, -0.2) is 4.79 Å². The number of amides is 5. The quantitative estimate of drug-likeness (QED) is 0.493. The van der Waals surface area contributed by atoms with E-state index >= 15 is 0 Å². The molecule has 1 aromatic rings. The van der Waals surface area contributed by atoms with Gasteiger partial charge in [0.1, 0.15) is 11.6 Å². The van der Waals surface area contributed by atoms with Gasteiger partial charge in [0.15, 0.2) is 0 Å². The minimum atomic E-state index is -0.953. The number of piperidine rings is 3. The van der Waals surface area contributed by atoms with Gasteiger partial charge in [-0.1, -0.05) is 0 Å². The molecule has 1 atom stereocenters. The smallest absolute Gasteiger partial charge is 0.410 e. The number of piperazine rings is 1. The number of fused-ring (bicyclic) bond motifs is 1. The second-order valence-electron chi connectivity index (χ2n) is 14.1. The lowest BCUT2D eigenvalue weighted by atomic mass is 9.93. The molecule has 1 unspecified atom stereocenters. The summed E-state index contributed by atoms with van der Waals surface area (Å²) < 4.78 is 5.55. The van der Waals surface area contributed by atoms with E-state index in [1.807, 2.05) is 31.7 Å². The lowest BCUT2D eigenvalue weighted by molar-refractivity contribution is -0.136. The first-order valence-electron chi connectivity index (χ1n) is 16.5. The molecule has 1 aromatic carbocycles. The number of likely N-dealkylation sites (tertiary alicyclic amines) is 2. The van der Waals surface area contributed by atoms with Gasteiger partial charge in [-0.05, 0) is 90.1 Å². The third-order valence-corrected chi connectivity index (χ3v) is 9.96. The van der Waals surface area contributed by atoms with Crippen LogP contribution in [0.3, 0.4) is 0 Å². The van der Waals surface area contributed by atoms with Crippen molar-refractivity contribution in [2.24, 2.45) is 5.92 Å². The molecule has 5 aliphatic heterocycles. The van der Waals surface area contributed by atoms with Crippen molar-refractivity contribution in [2.45, 2.75) is 77.0 Å². The number of rotatable bonds is 5. The van der Waals surface area contributed by atoms with Crippen LogP contribution >= 0.6 is 0 Å². The van der Waals surface area contributed by atoms with Crippen LogP contribution in [0.15, 0.2) is 18.2 Å². The van der Waals surface area contributed by atoms with Crippen LogP contribution in [0.25, 0.3) is 0 Å². The van der Waals surface area contributed by atoms with E-state index in [1.54, 1.807) is 12.1 Å². The molecule has 45 heavy (non-hydrogen) atoms. The monoisotopic (exact) mass is 622 g/mol. The molecule has 1 N–H and O–H groups in total. The zero-order valence-electron chi connectivity index (χ0n) is 26.8. The highest BCUT2D eigenvalue weighted by atomic mass is 16.6. The second kappa shape index (κ2) is 12.7. The number of ether oxygens (including phenoxy) is 1. The molecule has 0 aromatic heterocycles. The standard InChI is InChI=1S/C33H46N6O6/c1-33(2,3)45-32(44)38-14-10-23(11-15-38)36-12-8-22(9-13-36)21-35-16-18-37(19-17-35)24-4-5-25-26(20-24)31(43)39(30(25)42)27-6-7-28(40)34-29(27)41/h4-5,20,22-23,27H,6-19,21H2,1-3H3,(H,34,40,41). The van der Waals surface area contributed by atoms with Gasteiger partial charge < -0.3 is 19.4 Å². The molecule has 0 bridgehead atoms. The molecule has 0 spiro atoms. The van der Waals surface area contributed by atoms with Gasteiger partial charge in [0.25, 0.3) is 11.8 Å². The average Bonchev–Trinajstić information content (AvgIpc) is 3.26. The summed E-state index contributed by atoms with van der Waals surface area (Å²) in [6.45, 7) is 14.1. The fourth-order valence-electron chi connectivity index (χ4n) is 7.45. The highest BCUT2D eigenvalue weighted by molar-refractivity contribution is 6.23. The molecule has 0 radical (unpaired) electrons. The van der Waals surface area contributed by atoms with E-state index in [-0.39, 0.29) is 24.8 Å². The first-order chi connectivity index (χ1) is 21.5. The maximum Gasteiger partial charge on any atom is 0.410 e. The Hall–Kier alpha value is -3.51. The summed E-state index contributed by atoms with van der Waals surface area (Å²) in [5, 5.41) is 2.24. The topological polar surface area (TPSA) is 123 Å². The predicted octanol–water partition coefficient (Wildman–Crippen LogP) is 2.32. The van der Waals surface area contributed by atoms with Crippen LogP contribution in [0.4, 0.5) is 10.5 Å². The van der Waals surface area contributed by atoms with Gasteiger partial charge in [0, 0.05) is 64.0 Å². The number of imide groups is 2. The number of anilines is 1. The molecule has 0 aliphatic carbocycles. The van der Waals surface area contributed by atoms with Crippen LogP contribution < -0.4 is 10.2 Å². The van der Waals surface area contributed by atoms with Crippen molar-refractivity contribution in [1.29, 1.82) is 0 Å². The molecule has 244 valence electrons. The summed E-state index contributed by atoms with van der Waals surface area (Å²) in [6.07, 6.45) is 4.45. The zero-order chi connectivity index (χ0) is 31.9. The van der Waals surface area contributed by atoms with E-state index in [9.17, 15) is 24.0 Å². The van der Waals surface area contributed by atoms with E-state index in [0.717, 1.165) is 82.3 Å². The summed E-state index contributed by atoms with van der Waals surface area (Å²) in [7, 11) is 0. The Kier molecular flexibility index (Phi) is 8.89. The highest BCUT2D eigenvalue weighted by Gasteiger charge is 2.45. The molecule has 12 nitrogen and oxygen atoms in total. The van der Waals surface area contributed by atoms with Crippen molar-refractivity contribution in [3.05, 3.63) is 29.3 Å². The summed E-state index contributed by atoms with van der Waals surface area (Å²) >= 11 is 0. The summed E-state index contributed by atoms with van der Waals surface area (Å²) in [5.74, 6) is -1.24. The minimum absolute atomic E-state index is 0.106. The number of nitrogens with zero attached hydrogens (tertiary/aromatic N) is 5. The highest BCUT2D eigenvalue weighted by Crippen LogP contribution is 2.31. The molecule has 5 aliphatic rings. The Morgan fingerprint density at radius 3 is 2.16 bits per heavy atom. The number of nitrogens with one attached hydrogen (secondary N) is 1. The van der Waals surface area contributed by atoms with E-state index < -0.39 is 29.4 Å². The van der Waals surface area contributed by atoms with Crippen molar-refractivity contribution in [2.75, 3.05) is 63.8 Å². The number of carbonyl (C=O) groups is 5. The van der Waals surface area contributed by atoms with Gasteiger partial charge >= 0.3 is 6.09 Å². The van der Waals surface area contributed by atoms with Crippen molar-refractivity contribution in [1.82, 2.24) is 24.9 Å². The SMILES string of the molecule is CC(C)(C)OC(=O)N1CCC(N2CCC(CN3CCN(c4ccc5c(c4)C(=O)N(C4CCC(=O)NC4=O)C5=O)CC3)CC2)CC1. The molecule has 5 amide bonds. The lowest BCUT2D eigenvalue weighted by Gasteiger charge is -2.43. The van der Waals surface area contributed by atoms with Crippen LogP contribution in [0.2, 0.25) is 0 Å². The first kappa shape index (κ1) is 31.5. The van der Waals surface area contributed by atoms with Crippen LogP contribution in [0.5, 0.6) is 0 Å². The van der Waals surface area contributed by atoms with Gasteiger partial charge in [-0.2, -0.15) is 0 Å². The van der Waals surface area contributed by atoms with Gasteiger partial charge in [-0.3, -0.25) is 34.3 Å². The molecule has 6 rings (SSSR count). The minimum Gasteiger partial charge on any atom is -0.444 e. The Morgan fingerprint density at radius 2 is 1.51 bits per heavy atom. The fourth-order valence-corrected chi connectivity index (χ4v) is 7.45. The second-order valence-corrected chi connectivity index (χ2v) is 14.1. The molecule has 12 heteroatoms. The Balaban J connectivity index is 0.946. The molecule has 4 saturated heterocycles. The number of carbonyl (C=O) groups excluding carboxylic acids is 5. The summed E-state index contributed by atoms with van der Waals surface area (Å²) in [4.78, 5) is 72.9. The molecular formula is C33H46N6O6. The molecule has 5 heterocycles. The predicted molar refractivity (Wildman–Crippen MR) is 167 cm³/mol. The lowest BCUT2D eigenvalue weighted by Crippen LogP contribution is -2.54. The average molecular weight is 623 g/mol. The first-order valence-corrected chi connectivity index (χ1v) is 16.5. The summed E-state index contributed by atoms with van der Waals surface area (Å²) in [6, 6.07) is 4.95. The van der Waals surface area contributed by atoms with Crippen molar-refractivity contribution in [3.8, 4) is 0 Å². The van der Waals surface area contributed by atoms with Gasteiger partial charge in [-0.15, -0.1) is 0 Å². The van der Waals surface area contributed by atoms with Crippen LogP contribution in [-0.4, -0.2) is 126 Å².